The molecule has 6 heteroatoms. The molecular weight excluding hydrogens is 284 g/mol. The van der Waals surface area contributed by atoms with Crippen LogP contribution in [0.5, 0.6) is 0 Å². The van der Waals surface area contributed by atoms with E-state index >= 15 is 0 Å². The fourth-order valence-electron chi connectivity index (χ4n) is 2.20. The maximum Gasteiger partial charge on any atom is 0.327 e. The summed E-state index contributed by atoms with van der Waals surface area (Å²) in [6, 6.07) is 5.38. The number of ether oxygens (including phenoxy) is 2. The molecule has 6 nitrogen and oxygen atoms in total. The molecule has 0 spiro atoms. The van der Waals surface area contributed by atoms with E-state index in [4.69, 9.17) is 9.47 Å². The van der Waals surface area contributed by atoms with E-state index in [1.165, 1.54) is 12.3 Å². The molecule has 0 amide bonds. The van der Waals surface area contributed by atoms with Crippen molar-refractivity contribution in [2.24, 2.45) is 10.4 Å². The van der Waals surface area contributed by atoms with Gasteiger partial charge < -0.3 is 9.47 Å². The number of aliphatic imine (C=N–C) groups is 1. The lowest BCUT2D eigenvalue weighted by molar-refractivity contribution is -0.167. The van der Waals surface area contributed by atoms with E-state index in [1.54, 1.807) is 32.2 Å². The second kappa shape index (κ2) is 6.98. The van der Waals surface area contributed by atoms with E-state index in [9.17, 15) is 9.59 Å². The summed E-state index contributed by atoms with van der Waals surface area (Å²) in [6.45, 7) is 3.75. The first-order valence-electron chi connectivity index (χ1n) is 7.14. The van der Waals surface area contributed by atoms with Gasteiger partial charge in [0.2, 0.25) is 0 Å². The zero-order chi connectivity index (χ0) is 16.0. The predicted molar refractivity (Wildman–Crippen MR) is 80.2 cm³/mol. The summed E-state index contributed by atoms with van der Waals surface area (Å²) in [4.78, 5) is 33.2. The number of carbonyl (C=O) groups excluding carboxylic acids is 2. The van der Waals surface area contributed by atoms with Crippen molar-refractivity contribution in [1.29, 1.82) is 0 Å². The summed E-state index contributed by atoms with van der Waals surface area (Å²) in [6.07, 6.45) is 4.57. The zero-order valence-electron chi connectivity index (χ0n) is 12.6. The number of nitrogens with zero attached hydrogens (tertiary/aromatic N) is 2. The number of hydrogen-bond donors (Lipinski definition) is 0. The van der Waals surface area contributed by atoms with Gasteiger partial charge >= 0.3 is 11.9 Å². The van der Waals surface area contributed by atoms with Gasteiger partial charge in [0.15, 0.2) is 5.41 Å². The standard InChI is InChI=1S/C16H18N2O4/c1-3-21-14(19)16(15(20)22-4-2)8-10-18-13(11-16)12-7-5-6-9-17-12/h5-10H,3-4,11H2,1-2H3. The molecule has 116 valence electrons. The highest BCUT2D eigenvalue weighted by atomic mass is 16.6. The quantitative estimate of drug-likeness (QED) is 0.613. The number of esters is 2. The van der Waals surface area contributed by atoms with Crippen LogP contribution in [0, 0.1) is 5.41 Å². The number of hydrogen-bond acceptors (Lipinski definition) is 6. The van der Waals surface area contributed by atoms with Crippen LogP contribution in [0.1, 0.15) is 26.0 Å². The lowest BCUT2D eigenvalue weighted by atomic mass is 9.80. The highest BCUT2D eigenvalue weighted by Crippen LogP contribution is 2.33. The van der Waals surface area contributed by atoms with Gasteiger partial charge in [0, 0.05) is 18.8 Å². The Hall–Kier alpha value is -2.50. The van der Waals surface area contributed by atoms with Gasteiger partial charge in [0.25, 0.3) is 0 Å². The molecule has 0 radical (unpaired) electrons. The van der Waals surface area contributed by atoms with Crippen molar-refractivity contribution < 1.29 is 19.1 Å². The highest BCUT2D eigenvalue weighted by molar-refractivity contribution is 6.11. The van der Waals surface area contributed by atoms with Crippen molar-refractivity contribution in [1.82, 2.24) is 4.98 Å². The van der Waals surface area contributed by atoms with Crippen LogP contribution in [0.25, 0.3) is 0 Å². The summed E-state index contributed by atoms with van der Waals surface area (Å²) in [5, 5.41) is 0. The van der Waals surface area contributed by atoms with Crippen molar-refractivity contribution in [3.05, 3.63) is 42.4 Å². The second-order valence-corrected chi connectivity index (χ2v) is 4.70. The first-order chi connectivity index (χ1) is 10.6. The molecule has 0 bridgehead atoms. The Morgan fingerprint density at radius 2 is 1.86 bits per heavy atom. The van der Waals surface area contributed by atoms with Gasteiger partial charge in [0.1, 0.15) is 0 Å². The Kier molecular flexibility index (Phi) is 5.04. The highest BCUT2D eigenvalue weighted by Gasteiger charge is 2.49. The van der Waals surface area contributed by atoms with Crippen LogP contribution in [-0.2, 0) is 19.1 Å². The Morgan fingerprint density at radius 3 is 2.41 bits per heavy atom. The molecule has 1 aliphatic heterocycles. The number of rotatable bonds is 5. The first kappa shape index (κ1) is 15.9. The fourth-order valence-corrected chi connectivity index (χ4v) is 2.20. The monoisotopic (exact) mass is 302 g/mol. The molecule has 1 aromatic rings. The van der Waals surface area contributed by atoms with E-state index in [1.807, 2.05) is 6.07 Å². The maximum absolute atomic E-state index is 12.4. The van der Waals surface area contributed by atoms with Crippen molar-refractivity contribution in [2.45, 2.75) is 20.3 Å². The van der Waals surface area contributed by atoms with Gasteiger partial charge in [-0.25, -0.2) is 0 Å². The topological polar surface area (TPSA) is 77.9 Å². The molecule has 0 aliphatic carbocycles. The zero-order valence-corrected chi connectivity index (χ0v) is 12.6. The van der Waals surface area contributed by atoms with Gasteiger partial charge in [-0.1, -0.05) is 6.07 Å². The minimum Gasteiger partial charge on any atom is -0.465 e. The van der Waals surface area contributed by atoms with Crippen molar-refractivity contribution >= 4 is 17.7 Å². The van der Waals surface area contributed by atoms with Crippen LogP contribution in [0.15, 0.2) is 41.7 Å². The summed E-state index contributed by atoms with van der Waals surface area (Å²) < 4.78 is 10.1. The number of carbonyl (C=O) groups is 2. The van der Waals surface area contributed by atoms with Gasteiger partial charge in [-0.05, 0) is 32.1 Å². The van der Waals surface area contributed by atoms with Gasteiger partial charge in [-0.3, -0.25) is 19.6 Å². The van der Waals surface area contributed by atoms with E-state index < -0.39 is 17.4 Å². The van der Waals surface area contributed by atoms with Crippen LogP contribution in [0.4, 0.5) is 0 Å². The Balaban J connectivity index is 2.36. The van der Waals surface area contributed by atoms with E-state index in [0.29, 0.717) is 11.4 Å². The molecule has 0 aromatic carbocycles. The molecule has 0 saturated heterocycles. The minimum absolute atomic E-state index is 0.0676. The lowest BCUT2D eigenvalue weighted by Gasteiger charge is -2.28. The molecular formula is C16H18N2O4. The Morgan fingerprint density at radius 1 is 1.18 bits per heavy atom. The minimum atomic E-state index is -1.50. The average molecular weight is 302 g/mol. The fraction of sp³-hybridized carbons (Fsp3) is 0.375. The largest absolute Gasteiger partial charge is 0.465 e. The van der Waals surface area contributed by atoms with Crippen molar-refractivity contribution in [3.63, 3.8) is 0 Å². The van der Waals surface area contributed by atoms with Crippen LogP contribution in [0.2, 0.25) is 0 Å². The second-order valence-electron chi connectivity index (χ2n) is 4.70. The van der Waals surface area contributed by atoms with E-state index in [2.05, 4.69) is 9.98 Å². The van der Waals surface area contributed by atoms with Crippen LogP contribution in [-0.4, -0.2) is 35.8 Å². The third-order valence-electron chi connectivity index (χ3n) is 3.28. The van der Waals surface area contributed by atoms with E-state index in [0.717, 1.165) is 0 Å². The molecule has 0 N–H and O–H groups in total. The Labute approximate surface area is 128 Å². The summed E-state index contributed by atoms with van der Waals surface area (Å²) in [5.41, 5.74) is -0.338. The van der Waals surface area contributed by atoms with Crippen molar-refractivity contribution in [2.75, 3.05) is 13.2 Å². The van der Waals surface area contributed by atoms with Gasteiger partial charge in [-0.2, -0.15) is 0 Å². The van der Waals surface area contributed by atoms with E-state index in [-0.39, 0.29) is 19.6 Å². The Bertz CT molecular complexity index is 590. The molecule has 0 fully saturated rings. The smallest absolute Gasteiger partial charge is 0.327 e. The van der Waals surface area contributed by atoms with Crippen LogP contribution in [0.3, 0.4) is 0 Å². The molecule has 0 unspecified atom stereocenters. The first-order valence-corrected chi connectivity index (χ1v) is 7.14. The van der Waals surface area contributed by atoms with Gasteiger partial charge in [-0.15, -0.1) is 0 Å². The molecule has 2 heterocycles. The SMILES string of the molecule is CCOC(=O)C1(C(=O)OCC)C=CN=C(c2ccccn2)C1. The summed E-state index contributed by atoms with van der Waals surface area (Å²) in [5.74, 6) is -1.26. The maximum atomic E-state index is 12.4. The predicted octanol–water partition coefficient (Wildman–Crippen LogP) is 1.90. The number of pyridine rings is 1. The molecule has 0 saturated carbocycles. The van der Waals surface area contributed by atoms with Crippen LogP contribution < -0.4 is 0 Å². The molecule has 22 heavy (non-hydrogen) atoms. The summed E-state index contributed by atoms with van der Waals surface area (Å²) in [7, 11) is 0. The molecule has 2 rings (SSSR count). The average Bonchev–Trinajstić information content (AvgIpc) is 2.56. The molecule has 1 aromatic heterocycles. The third kappa shape index (κ3) is 3.05. The normalized spacial score (nSPS) is 15.8. The lowest BCUT2D eigenvalue weighted by Crippen LogP contribution is -2.43. The third-order valence-corrected chi connectivity index (χ3v) is 3.28. The molecule has 0 atom stereocenters. The molecule has 1 aliphatic rings. The van der Waals surface area contributed by atoms with Crippen molar-refractivity contribution in [3.8, 4) is 0 Å². The number of aromatic nitrogens is 1. The van der Waals surface area contributed by atoms with Crippen LogP contribution >= 0.6 is 0 Å². The van der Waals surface area contributed by atoms with Gasteiger partial charge in [0.05, 0.1) is 24.6 Å². The summed E-state index contributed by atoms with van der Waals surface area (Å²) >= 11 is 0.